The van der Waals surface area contributed by atoms with E-state index in [0.29, 0.717) is 37.6 Å². The van der Waals surface area contributed by atoms with Crippen molar-refractivity contribution in [2.24, 2.45) is 0 Å². The molecule has 8 nitrogen and oxygen atoms in total. The zero-order valence-electron chi connectivity index (χ0n) is 18.7. The molecule has 0 saturated carbocycles. The van der Waals surface area contributed by atoms with E-state index in [1.807, 2.05) is 4.90 Å². The molecule has 0 bridgehead atoms. The van der Waals surface area contributed by atoms with Gasteiger partial charge < -0.3 is 19.4 Å². The summed E-state index contributed by atoms with van der Waals surface area (Å²) < 4.78 is 47.7. The fourth-order valence-corrected chi connectivity index (χ4v) is 5.28. The standard InChI is InChI=1S/C25H23FN4O4S/c26-20-13-21(29-9-11-34-12-10-29)15-23(14-20)35(32,33)22-4-1-18(2-5-22)16-28-25(31)19-3-6-24-27-7-8-30(24)17-19/h1-8,13-15,17H,9-12,16H2,(H,28,31). The van der Waals surface area contributed by atoms with Gasteiger partial charge >= 0.3 is 0 Å². The van der Waals surface area contributed by atoms with Crippen molar-refractivity contribution >= 4 is 27.1 Å². The van der Waals surface area contributed by atoms with Crippen molar-refractivity contribution < 1.29 is 22.3 Å². The summed E-state index contributed by atoms with van der Waals surface area (Å²) in [5.41, 5.74) is 2.47. The van der Waals surface area contributed by atoms with Gasteiger partial charge in [-0.2, -0.15) is 0 Å². The first-order valence-electron chi connectivity index (χ1n) is 11.1. The summed E-state index contributed by atoms with van der Waals surface area (Å²) in [6, 6.07) is 13.5. The lowest BCUT2D eigenvalue weighted by Gasteiger charge is -2.29. The number of sulfone groups is 1. The molecule has 1 amide bonds. The predicted molar refractivity (Wildman–Crippen MR) is 128 cm³/mol. The highest BCUT2D eigenvalue weighted by atomic mass is 32.2. The van der Waals surface area contributed by atoms with Gasteiger partial charge in [-0.1, -0.05) is 12.1 Å². The lowest BCUT2D eigenvalue weighted by Crippen LogP contribution is -2.36. The van der Waals surface area contributed by atoms with Crippen LogP contribution >= 0.6 is 0 Å². The van der Waals surface area contributed by atoms with Gasteiger partial charge in [0.05, 0.1) is 28.6 Å². The van der Waals surface area contributed by atoms with E-state index in [1.165, 1.54) is 24.3 Å². The molecule has 35 heavy (non-hydrogen) atoms. The number of carbonyl (C=O) groups is 1. The Labute approximate surface area is 201 Å². The molecule has 1 aliphatic heterocycles. The van der Waals surface area contributed by atoms with E-state index in [-0.39, 0.29) is 22.2 Å². The monoisotopic (exact) mass is 494 g/mol. The van der Waals surface area contributed by atoms with Crippen LogP contribution in [0.5, 0.6) is 0 Å². The fourth-order valence-electron chi connectivity index (χ4n) is 3.97. The summed E-state index contributed by atoms with van der Waals surface area (Å²) in [6.07, 6.45) is 5.10. The van der Waals surface area contributed by atoms with Gasteiger partial charge in [0, 0.05) is 43.9 Å². The third-order valence-electron chi connectivity index (χ3n) is 5.88. The Balaban J connectivity index is 1.29. The largest absolute Gasteiger partial charge is 0.378 e. The Hall–Kier alpha value is -3.76. The first-order valence-corrected chi connectivity index (χ1v) is 12.6. The van der Waals surface area contributed by atoms with E-state index >= 15 is 0 Å². The predicted octanol–water partition coefficient (Wildman–Crippen LogP) is 3.07. The maximum Gasteiger partial charge on any atom is 0.253 e. The van der Waals surface area contributed by atoms with Crippen LogP contribution in [-0.4, -0.2) is 50.0 Å². The van der Waals surface area contributed by atoms with Crippen LogP contribution in [0.25, 0.3) is 5.65 Å². The molecule has 3 heterocycles. The lowest BCUT2D eigenvalue weighted by molar-refractivity contribution is 0.0950. The van der Waals surface area contributed by atoms with Crippen molar-refractivity contribution in [3.63, 3.8) is 0 Å². The smallest absolute Gasteiger partial charge is 0.253 e. The number of nitrogens with one attached hydrogen (secondary N) is 1. The molecule has 0 aliphatic carbocycles. The molecule has 1 N–H and O–H groups in total. The second kappa shape index (κ2) is 9.47. The number of benzene rings is 2. The van der Waals surface area contributed by atoms with Crippen molar-refractivity contribution in [2.75, 3.05) is 31.2 Å². The number of ether oxygens (including phenoxy) is 1. The van der Waals surface area contributed by atoms with E-state index < -0.39 is 15.7 Å². The van der Waals surface area contributed by atoms with E-state index in [2.05, 4.69) is 10.3 Å². The van der Waals surface area contributed by atoms with Gasteiger partial charge in [0.1, 0.15) is 11.5 Å². The zero-order valence-corrected chi connectivity index (χ0v) is 19.5. The number of nitrogens with zero attached hydrogens (tertiary/aromatic N) is 3. The first kappa shape index (κ1) is 23.0. The minimum atomic E-state index is -3.92. The van der Waals surface area contributed by atoms with Crippen LogP contribution in [0.4, 0.5) is 10.1 Å². The van der Waals surface area contributed by atoms with Crippen molar-refractivity contribution in [3.8, 4) is 0 Å². The molecule has 4 aromatic rings. The van der Waals surface area contributed by atoms with E-state index in [0.717, 1.165) is 17.3 Å². The molecular formula is C25H23FN4O4S. The topological polar surface area (TPSA) is 93.0 Å². The Bertz CT molecular complexity index is 1480. The van der Waals surface area contributed by atoms with Gasteiger partial charge in [0.15, 0.2) is 0 Å². The van der Waals surface area contributed by atoms with Crippen molar-refractivity contribution in [2.45, 2.75) is 16.3 Å². The van der Waals surface area contributed by atoms with E-state index in [9.17, 15) is 17.6 Å². The number of fused-ring (bicyclic) bond motifs is 1. The number of aromatic nitrogens is 2. The van der Waals surface area contributed by atoms with Gasteiger partial charge in [0.2, 0.25) is 9.84 Å². The molecule has 1 aliphatic rings. The Kier molecular flexibility index (Phi) is 6.23. The number of imidazole rings is 1. The molecule has 2 aromatic heterocycles. The molecule has 5 rings (SSSR count). The molecule has 0 radical (unpaired) electrons. The molecule has 0 unspecified atom stereocenters. The van der Waals surface area contributed by atoms with Crippen LogP contribution in [0.3, 0.4) is 0 Å². The number of pyridine rings is 1. The van der Waals surface area contributed by atoms with Gasteiger partial charge in [-0.3, -0.25) is 4.79 Å². The molecule has 1 saturated heterocycles. The van der Waals surface area contributed by atoms with Gasteiger partial charge in [-0.25, -0.2) is 17.8 Å². The first-order chi connectivity index (χ1) is 16.9. The second-order valence-corrected chi connectivity index (χ2v) is 10.1. The SMILES string of the molecule is O=C(NCc1ccc(S(=O)(=O)c2cc(F)cc(N3CCOCC3)c2)cc1)c1ccc2nccn2c1. The highest BCUT2D eigenvalue weighted by Crippen LogP contribution is 2.27. The maximum atomic E-state index is 14.3. The summed E-state index contributed by atoms with van der Waals surface area (Å²) >= 11 is 0. The third-order valence-corrected chi connectivity index (χ3v) is 7.63. The van der Waals surface area contributed by atoms with E-state index in [1.54, 1.807) is 47.3 Å². The number of halogens is 1. The van der Waals surface area contributed by atoms with Crippen LogP contribution in [0.2, 0.25) is 0 Å². The number of carbonyl (C=O) groups excluding carboxylic acids is 1. The Morgan fingerprint density at radius 1 is 1.03 bits per heavy atom. The number of amides is 1. The molecular weight excluding hydrogens is 471 g/mol. The molecule has 0 spiro atoms. The molecule has 10 heteroatoms. The fraction of sp³-hybridized carbons (Fsp3) is 0.200. The number of anilines is 1. The average Bonchev–Trinajstić information content (AvgIpc) is 3.36. The van der Waals surface area contributed by atoms with E-state index in [4.69, 9.17) is 4.74 Å². The van der Waals surface area contributed by atoms with Gasteiger partial charge in [-0.05, 0) is 48.0 Å². The number of morpholine rings is 1. The minimum Gasteiger partial charge on any atom is -0.378 e. The average molecular weight is 495 g/mol. The van der Waals surface area contributed by atoms with Crippen molar-refractivity contribution in [1.82, 2.24) is 14.7 Å². The van der Waals surface area contributed by atoms with Crippen molar-refractivity contribution in [1.29, 1.82) is 0 Å². The molecule has 0 atom stereocenters. The lowest BCUT2D eigenvalue weighted by atomic mass is 10.2. The maximum absolute atomic E-state index is 14.3. The van der Waals surface area contributed by atoms with Crippen LogP contribution < -0.4 is 10.2 Å². The second-order valence-electron chi connectivity index (χ2n) is 8.19. The minimum absolute atomic E-state index is 0.0525. The summed E-state index contributed by atoms with van der Waals surface area (Å²) in [7, 11) is -3.92. The van der Waals surface area contributed by atoms with Crippen molar-refractivity contribution in [3.05, 3.63) is 90.1 Å². The summed E-state index contributed by atoms with van der Waals surface area (Å²) in [5.74, 6) is -0.867. The summed E-state index contributed by atoms with van der Waals surface area (Å²) in [5, 5.41) is 2.83. The van der Waals surface area contributed by atoms with Crippen LogP contribution in [0.15, 0.2) is 83.0 Å². The number of hydrogen-bond donors (Lipinski definition) is 1. The Morgan fingerprint density at radius 3 is 2.57 bits per heavy atom. The van der Waals surface area contributed by atoms with Gasteiger partial charge in [0.25, 0.3) is 5.91 Å². The Morgan fingerprint density at radius 2 is 1.80 bits per heavy atom. The highest BCUT2D eigenvalue weighted by Gasteiger charge is 2.21. The quantitative estimate of drug-likeness (QED) is 0.443. The third kappa shape index (κ3) is 4.89. The molecule has 1 fully saturated rings. The van der Waals surface area contributed by atoms with Gasteiger partial charge in [-0.15, -0.1) is 0 Å². The summed E-state index contributed by atoms with van der Waals surface area (Å²) in [4.78, 5) is 18.5. The van der Waals surface area contributed by atoms with Crippen LogP contribution in [-0.2, 0) is 21.1 Å². The summed E-state index contributed by atoms with van der Waals surface area (Å²) in [6.45, 7) is 2.38. The number of rotatable bonds is 6. The van der Waals surface area contributed by atoms with Crippen LogP contribution in [0, 0.1) is 5.82 Å². The normalized spacial score (nSPS) is 14.3. The highest BCUT2D eigenvalue weighted by molar-refractivity contribution is 7.91. The van der Waals surface area contributed by atoms with Crippen LogP contribution in [0.1, 0.15) is 15.9 Å². The molecule has 180 valence electrons. The zero-order chi connectivity index (χ0) is 24.4. The number of hydrogen-bond acceptors (Lipinski definition) is 6. The molecule has 2 aromatic carbocycles.